The van der Waals surface area contributed by atoms with Crippen LogP contribution < -0.4 is 0 Å². The van der Waals surface area contributed by atoms with Gasteiger partial charge in [0.15, 0.2) is 17.5 Å². The second-order valence-corrected chi connectivity index (χ2v) is 15.4. The first-order valence-electron chi connectivity index (χ1n) is 20.9. The average Bonchev–Trinajstić information content (AvgIpc) is 3.37. The first-order chi connectivity index (χ1) is 30.7. The monoisotopic (exact) mass is 790 g/mol. The maximum atomic E-state index is 5.33. The van der Waals surface area contributed by atoms with Crippen LogP contribution in [0.3, 0.4) is 0 Å². The summed E-state index contributed by atoms with van der Waals surface area (Å²) in [6.45, 7) is 0. The molecule has 0 spiro atoms. The van der Waals surface area contributed by atoms with E-state index >= 15 is 0 Å². The van der Waals surface area contributed by atoms with Crippen molar-refractivity contribution < 1.29 is 0 Å². The van der Waals surface area contributed by atoms with E-state index in [9.17, 15) is 0 Å². The van der Waals surface area contributed by atoms with Gasteiger partial charge in [0, 0.05) is 27.6 Å². The molecule has 0 saturated heterocycles. The number of fused-ring (bicyclic) bond motifs is 3. The summed E-state index contributed by atoms with van der Waals surface area (Å²) in [5.74, 6) is 1.84. The van der Waals surface area contributed by atoms with Crippen molar-refractivity contribution in [1.29, 1.82) is 0 Å². The Labute approximate surface area is 360 Å². The molecule has 4 heteroatoms. The Morgan fingerprint density at radius 2 is 0.613 bits per heavy atom. The summed E-state index contributed by atoms with van der Waals surface area (Å²) in [6, 6.07) is 80.6. The van der Waals surface area contributed by atoms with E-state index in [1.54, 1.807) is 0 Å². The summed E-state index contributed by atoms with van der Waals surface area (Å²) in [6.07, 6.45) is 0. The highest BCUT2D eigenvalue weighted by Gasteiger charge is 2.18. The number of nitrogens with zero attached hydrogens (tertiary/aromatic N) is 4. The quantitative estimate of drug-likeness (QED) is 0.144. The smallest absolute Gasteiger partial charge is 0.164 e. The van der Waals surface area contributed by atoms with Crippen LogP contribution in [-0.2, 0) is 0 Å². The normalized spacial score (nSPS) is 11.2. The molecule has 11 aromatic rings. The van der Waals surface area contributed by atoms with Gasteiger partial charge in [-0.3, -0.25) is 0 Å². The Morgan fingerprint density at radius 1 is 0.226 bits per heavy atom. The van der Waals surface area contributed by atoms with E-state index in [1.165, 1.54) is 5.39 Å². The number of pyridine rings is 1. The van der Waals surface area contributed by atoms with Gasteiger partial charge in [-0.05, 0) is 85.6 Å². The lowest BCUT2D eigenvalue weighted by atomic mass is 9.90. The van der Waals surface area contributed by atoms with Crippen LogP contribution in [0.2, 0.25) is 0 Å². The first-order valence-corrected chi connectivity index (χ1v) is 20.9. The molecule has 0 aliphatic carbocycles. The van der Waals surface area contributed by atoms with Crippen molar-refractivity contribution in [2.45, 2.75) is 0 Å². The molecular weight excluding hydrogens is 753 g/mol. The Bertz CT molecular complexity index is 3300. The van der Waals surface area contributed by atoms with Crippen molar-refractivity contribution >= 4 is 21.7 Å². The molecular formula is C58H38N4. The Hall–Kier alpha value is -8.34. The largest absolute Gasteiger partial charge is 0.248 e. The van der Waals surface area contributed by atoms with Crippen LogP contribution in [0.25, 0.3) is 112 Å². The minimum atomic E-state index is 0.608. The average molecular weight is 791 g/mol. The van der Waals surface area contributed by atoms with Crippen LogP contribution >= 0.6 is 0 Å². The summed E-state index contributed by atoms with van der Waals surface area (Å²) < 4.78 is 0. The van der Waals surface area contributed by atoms with E-state index in [2.05, 4.69) is 182 Å². The topological polar surface area (TPSA) is 51.6 Å². The molecule has 0 aliphatic rings. The first kappa shape index (κ1) is 36.7. The molecule has 11 rings (SSSR count). The second-order valence-electron chi connectivity index (χ2n) is 15.4. The van der Waals surface area contributed by atoms with Crippen LogP contribution in [0.5, 0.6) is 0 Å². The van der Waals surface area contributed by atoms with Gasteiger partial charge in [0.05, 0.1) is 11.2 Å². The van der Waals surface area contributed by atoms with Gasteiger partial charge in [-0.2, -0.15) is 0 Å². The van der Waals surface area contributed by atoms with Gasteiger partial charge in [0.1, 0.15) is 0 Å². The van der Waals surface area contributed by atoms with Crippen molar-refractivity contribution in [3.8, 4) is 89.9 Å². The van der Waals surface area contributed by atoms with Gasteiger partial charge in [0.2, 0.25) is 0 Å². The molecule has 0 fully saturated rings. The van der Waals surface area contributed by atoms with Gasteiger partial charge in [-0.1, -0.05) is 200 Å². The van der Waals surface area contributed by atoms with Crippen molar-refractivity contribution in [2.24, 2.45) is 0 Å². The zero-order valence-corrected chi connectivity index (χ0v) is 33.7. The van der Waals surface area contributed by atoms with E-state index in [0.29, 0.717) is 17.5 Å². The molecule has 290 valence electrons. The minimum Gasteiger partial charge on any atom is -0.248 e. The van der Waals surface area contributed by atoms with Crippen LogP contribution in [0.1, 0.15) is 0 Å². The van der Waals surface area contributed by atoms with E-state index in [0.717, 1.165) is 88.7 Å². The lowest BCUT2D eigenvalue weighted by Gasteiger charge is -2.16. The third kappa shape index (κ3) is 7.10. The number of hydrogen-bond donors (Lipinski definition) is 0. The predicted molar refractivity (Wildman–Crippen MR) is 256 cm³/mol. The summed E-state index contributed by atoms with van der Waals surface area (Å²) >= 11 is 0. The van der Waals surface area contributed by atoms with E-state index in [1.807, 2.05) is 48.5 Å². The lowest BCUT2D eigenvalue weighted by molar-refractivity contribution is 1.07. The number of benzene rings is 9. The Kier molecular flexibility index (Phi) is 9.49. The fourth-order valence-corrected chi connectivity index (χ4v) is 8.44. The van der Waals surface area contributed by atoms with Gasteiger partial charge >= 0.3 is 0 Å². The highest BCUT2D eigenvalue weighted by atomic mass is 15.0. The highest BCUT2D eigenvalue weighted by Crippen LogP contribution is 2.41. The fraction of sp³-hybridized carbons (Fsp3) is 0. The van der Waals surface area contributed by atoms with Crippen LogP contribution in [0.15, 0.2) is 231 Å². The molecule has 0 saturated carbocycles. The molecule has 2 aromatic heterocycles. The summed E-state index contributed by atoms with van der Waals surface area (Å²) in [4.78, 5) is 20.8. The molecule has 0 atom stereocenters. The lowest BCUT2D eigenvalue weighted by Crippen LogP contribution is -2.00. The molecule has 0 bridgehead atoms. The maximum Gasteiger partial charge on any atom is 0.164 e. The van der Waals surface area contributed by atoms with Crippen molar-refractivity contribution in [1.82, 2.24) is 19.9 Å². The molecule has 0 aliphatic heterocycles. The third-order valence-electron chi connectivity index (χ3n) is 11.5. The third-order valence-corrected chi connectivity index (χ3v) is 11.5. The van der Waals surface area contributed by atoms with Crippen molar-refractivity contribution in [3.63, 3.8) is 0 Å². The number of rotatable bonds is 8. The zero-order valence-electron chi connectivity index (χ0n) is 33.7. The Morgan fingerprint density at radius 3 is 1.16 bits per heavy atom. The summed E-state index contributed by atoms with van der Waals surface area (Å²) in [5, 5.41) is 3.47. The van der Waals surface area contributed by atoms with Crippen molar-refractivity contribution in [2.75, 3.05) is 0 Å². The van der Waals surface area contributed by atoms with Gasteiger partial charge in [-0.25, -0.2) is 19.9 Å². The predicted octanol–water partition coefficient (Wildman–Crippen LogP) is 14.9. The van der Waals surface area contributed by atoms with E-state index in [4.69, 9.17) is 19.9 Å². The molecule has 9 aromatic carbocycles. The van der Waals surface area contributed by atoms with Crippen LogP contribution in [0.4, 0.5) is 0 Å². The second kappa shape index (κ2) is 16.0. The van der Waals surface area contributed by atoms with Crippen LogP contribution in [-0.4, -0.2) is 19.9 Å². The SMILES string of the molecule is c1ccc(-c2cc(-c3ccccc3)cc(-c3nc(-c4ccccc4)nc(-c4ccc(-c5cc6nc(-c7ccccc7)cc(-c7ccccc7)c6c6ccccc56)cc4)n3)c2)cc1. The summed E-state index contributed by atoms with van der Waals surface area (Å²) in [5.41, 5.74) is 14.7. The molecule has 4 nitrogen and oxygen atoms in total. The molecule has 0 radical (unpaired) electrons. The summed E-state index contributed by atoms with van der Waals surface area (Å²) in [7, 11) is 0. The van der Waals surface area contributed by atoms with Gasteiger partial charge in [0.25, 0.3) is 0 Å². The highest BCUT2D eigenvalue weighted by molar-refractivity contribution is 6.18. The molecule has 0 N–H and O–H groups in total. The molecule has 62 heavy (non-hydrogen) atoms. The molecule has 0 amide bonds. The minimum absolute atomic E-state index is 0.608. The standard InChI is InChI=1S/C58H38N4/c1-6-18-39(19-7-1)46-34-47(40-20-8-2-9-21-40)36-48(35-46)58-61-56(44-26-14-5-15-27-44)60-57(62-58)45-32-30-42(31-33-45)51-37-54-55(50-29-17-16-28-49(50)51)52(41-22-10-3-11-23-41)38-53(59-54)43-24-12-4-13-25-43/h1-38H. The van der Waals surface area contributed by atoms with Gasteiger partial charge in [-0.15, -0.1) is 0 Å². The molecule has 2 heterocycles. The fourth-order valence-electron chi connectivity index (χ4n) is 8.44. The van der Waals surface area contributed by atoms with Gasteiger partial charge < -0.3 is 0 Å². The molecule has 0 unspecified atom stereocenters. The van der Waals surface area contributed by atoms with Crippen molar-refractivity contribution in [3.05, 3.63) is 231 Å². The number of hydrogen-bond acceptors (Lipinski definition) is 4. The zero-order chi connectivity index (χ0) is 41.2. The maximum absolute atomic E-state index is 5.33. The number of aromatic nitrogens is 4. The van der Waals surface area contributed by atoms with Crippen LogP contribution in [0, 0.1) is 0 Å². The van der Waals surface area contributed by atoms with E-state index < -0.39 is 0 Å². The van der Waals surface area contributed by atoms with E-state index in [-0.39, 0.29) is 0 Å². The Balaban J connectivity index is 1.06.